The van der Waals surface area contributed by atoms with E-state index < -0.39 is 0 Å². The highest BCUT2D eigenvalue weighted by Gasteiger charge is 2.06. The first kappa shape index (κ1) is 11.2. The predicted molar refractivity (Wildman–Crippen MR) is 77.0 cm³/mol. The smallest absolute Gasteiger partial charge is 0.0457 e. The number of nitrogens with two attached hydrogens (primary N) is 1. The molecule has 90 valence electrons. The maximum Gasteiger partial charge on any atom is 0.0457 e. The molecule has 0 amide bonds. The molecule has 2 nitrogen and oxygen atoms in total. The van der Waals surface area contributed by atoms with Gasteiger partial charge in [-0.3, -0.25) is 0 Å². The summed E-state index contributed by atoms with van der Waals surface area (Å²) in [7, 11) is 0. The maximum atomic E-state index is 6.04. The third-order valence-corrected chi connectivity index (χ3v) is 3.40. The van der Waals surface area contributed by atoms with Crippen LogP contribution < -0.4 is 5.73 Å². The summed E-state index contributed by atoms with van der Waals surface area (Å²) in [5, 5.41) is 1.91. The summed E-state index contributed by atoms with van der Waals surface area (Å²) >= 11 is 6.04. The summed E-state index contributed by atoms with van der Waals surface area (Å²) < 4.78 is 0. The molecular formula is C15H13ClN2. The first-order chi connectivity index (χ1) is 8.74. The molecule has 1 heterocycles. The molecule has 2 aromatic carbocycles. The average Bonchev–Trinajstić information content (AvgIpc) is 2.75. The summed E-state index contributed by atoms with van der Waals surface area (Å²) in [5.41, 5.74) is 10.3. The van der Waals surface area contributed by atoms with Crippen LogP contribution in [0.3, 0.4) is 0 Å². The number of nitrogens with one attached hydrogen (secondary N) is 1. The number of halogens is 1. The minimum atomic E-state index is 0.754. The third-order valence-electron chi connectivity index (χ3n) is 3.17. The minimum absolute atomic E-state index is 0.754. The lowest BCUT2D eigenvalue weighted by molar-refractivity contribution is 1.21. The first-order valence-electron chi connectivity index (χ1n) is 5.83. The zero-order chi connectivity index (χ0) is 12.5. The van der Waals surface area contributed by atoms with Gasteiger partial charge in [0, 0.05) is 34.2 Å². The van der Waals surface area contributed by atoms with Gasteiger partial charge in [0.2, 0.25) is 0 Å². The van der Waals surface area contributed by atoms with E-state index in [0.29, 0.717) is 0 Å². The van der Waals surface area contributed by atoms with Gasteiger partial charge in [-0.15, -0.1) is 0 Å². The van der Waals surface area contributed by atoms with Crippen LogP contribution in [-0.2, 0) is 6.42 Å². The van der Waals surface area contributed by atoms with E-state index in [2.05, 4.69) is 11.1 Å². The fourth-order valence-electron chi connectivity index (χ4n) is 2.20. The van der Waals surface area contributed by atoms with Crippen LogP contribution in [0.15, 0.2) is 48.7 Å². The number of hydrogen-bond donors (Lipinski definition) is 2. The number of para-hydroxylation sites is 1. The number of H-pyrrole nitrogens is 1. The van der Waals surface area contributed by atoms with Crippen molar-refractivity contribution in [2.45, 2.75) is 6.42 Å². The molecule has 0 aliphatic rings. The molecule has 0 saturated heterocycles. The largest absolute Gasteiger partial charge is 0.398 e. The van der Waals surface area contributed by atoms with Crippen LogP contribution in [0.1, 0.15) is 11.1 Å². The van der Waals surface area contributed by atoms with Gasteiger partial charge in [0.25, 0.3) is 0 Å². The summed E-state index contributed by atoms with van der Waals surface area (Å²) in [4.78, 5) is 3.26. The lowest BCUT2D eigenvalue weighted by Gasteiger charge is -2.04. The van der Waals surface area contributed by atoms with Crippen LogP contribution in [0.25, 0.3) is 10.9 Å². The van der Waals surface area contributed by atoms with Crippen molar-refractivity contribution in [2.75, 3.05) is 5.73 Å². The van der Waals surface area contributed by atoms with Crippen molar-refractivity contribution in [1.82, 2.24) is 4.98 Å². The average molecular weight is 257 g/mol. The molecule has 3 rings (SSSR count). The fourth-order valence-corrected chi connectivity index (χ4v) is 2.37. The van der Waals surface area contributed by atoms with Crippen LogP contribution >= 0.6 is 11.6 Å². The van der Waals surface area contributed by atoms with Gasteiger partial charge in [-0.1, -0.05) is 29.8 Å². The highest BCUT2D eigenvalue weighted by molar-refractivity contribution is 6.31. The minimum Gasteiger partial charge on any atom is -0.398 e. The monoisotopic (exact) mass is 256 g/mol. The maximum absolute atomic E-state index is 6.04. The number of anilines is 1. The van der Waals surface area contributed by atoms with Crippen molar-refractivity contribution < 1.29 is 0 Å². The normalized spacial score (nSPS) is 10.9. The van der Waals surface area contributed by atoms with Crippen molar-refractivity contribution in [3.8, 4) is 0 Å². The van der Waals surface area contributed by atoms with Crippen LogP contribution in [-0.4, -0.2) is 4.98 Å². The van der Waals surface area contributed by atoms with Gasteiger partial charge in [0.15, 0.2) is 0 Å². The van der Waals surface area contributed by atoms with Crippen molar-refractivity contribution >= 4 is 28.2 Å². The van der Waals surface area contributed by atoms with Gasteiger partial charge in [-0.25, -0.2) is 0 Å². The summed E-state index contributed by atoms with van der Waals surface area (Å²) in [5.74, 6) is 0. The van der Waals surface area contributed by atoms with E-state index in [4.69, 9.17) is 17.3 Å². The second-order valence-corrected chi connectivity index (χ2v) is 4.82. The van der Waals surface area contributed by atoms with Crippen molar-refractivity contribution in [2.24, 2.45) is 0 Å². The van der Waals surface area contributed by atoms with Gasteiger partial charge in [-0.2, -0.15) is 0 Å². The number of hydrogen-bond acceptors (Lipinski definition) is 1. The van der Waals surface area contributed by atoms with E-state index >= 15 is 0 Å². The Labute approximate surface area is 110 Å². The third kappa shape index (κ3) is 1.95. The molecular weight excluding hydrogens is 244 g/mol. The highest BCUT2D eigenvalue weighted by Crippen LogP contribution is 2.25. The Morgan fingerprint density at radius 1 is 1.06 bits per heavy atom. The van der Waals surface area contributed by atoms with Crippen molar-refractivity contribution in [3.63, 3.8) is 0 Å². The number of aromatic nitrogens is 1. The number of aromatic amines is 1. The fraction of sp³-hybridized carbons (Fsp3) is 0.0667. The second kappa shape index (κ2) is 4.39. The van der Waals surface area contributed by atoms with E-state index in [0.717, 1.165) is 33.6 Å². The molecule has 18 heavy (non-hydrogen) atoms. The predicted octanol–water partition coefficient (Wildman–Crippen LogP) is 3.99. The van der Waals surface area contributed by atoms with Crippen molar-refractivity contribution in [1.29, 1.82) is 0 Å². The topological polar surface area (TPSA) is 41.8 Å². The molecule has 3 heteroatoms. The lowest BCUT2D eigenvalue weighted by Crippen LogP contribution is -1.94. The molecule has 0 unspecified atom stereocenters. The number of nitrogen functional groups attached to an aromatic ring is 1. The molecule has 3 aromatic rings. The van der Waals surface area contributed by atoms with Crippen LogP contribution in [0.2, 0.25) is 5.02 Å². The van der Waals surface area contributed by atoms with E-state index in [1.54, 1.807) is 0 Å². The molecule has 0 spiro atoms. The van der Waals surface area contributed by atoms with Gasteiger partial charge in [0.1, 0.15) is 0 Å². The Kier molecular flexibility index (Phi) is 2.73. The molecule has 0 radical (unpaired) electrons. The Morgan fingerprint density at radius 2 is 1.89 bits per heavy atom. The van der Waals surface area contributed by atoms with Gasteiger partial charge in [0.05, 0.1) is 0 Å². The number of fused-ring (bicyclic) bond motifs is 1. The summed E-state index contributed by atoms with van der Waals surface area (Å²) in [6.45, 7) is 0. The molecule has 0 fully saturated rings. The van der Waals surface area contributed by atoms with Gasteiger partial charge in [-0.05, 0) is 35.4 Å². The summed E-state index contributed by atoms with van der Waals surface area (Å²) in [6, 6.07) is 13.8. The molecule has 3 N–H and O–H groups in total. The Morgan fingerprint density at radius 3 is 2.72 bits per heavy atom. The van der Waals surface area contributed by atoms with Gasteiger partial charge < -0.3 is 10.7 Å². The highest BCUT2D eigenvalue weighted by atomic mass is 35.5. The van der Waals surface area contributed by atoms with Crippen LogP contribution in [0, 0.1) is 0 Å². The Hall–Kier alpha value is -1.93. The molecule has 1 aromatic heterocycles. The zero-order valence-electron chi connectivity index (χ0n) is 9.78. The molecule has 0 saturated carbocycles. The Balaban J connectivity index is 2.05. The van der Waals surface area contributed by atoms with Crippen molar-refractivity contribution in [3.05, 3.63) is 64.8 Å². The molecule has 0 bridgehead atoms. The van der Waals surface area contributed by atoms with Gasteiger partial charge >= 0.3 is 0 Å². The van der Waals surface area contributed by atoms with Crippen LogP contribution in [0.5, 0.6) is 0 Å². The first-order valence-corrected chi connectivity index (χ1v) is 6.21. The number of benzene rings is 2. The summed E-state index contributed by atoms with van der Waals surface area (Å²) in [6.07, 6.45) is 2.83. The van der Waals surface area contributed by atoms with Crippen LogP contribution in [0.4, 0.5) is 5.69 Å². The Bertz CT molecular complexity index is 701. The van der Waals surface area contributed by atoms with E-state index in [1.807, 2.05) is 42.6 Å². The van der Waals surface area contributed by atoms with E-state index in [-0.39, 0.29) is 0 Å². The zero-order valence-corrected chi connectivity index (χ0v) is 10.5. The quantitative estimate of drug-likeness (QED) is 0.669. The second-order valence-electron chi connectivity index (χ2n) is 4.38. The lowest BCUT2D eigenvalue weighted by atomic mass is 10.0. The number of rotatable bonds is 2. The standard InChI is InChI=1S/C15H13ClN2/c16-12-5-6-15-13(8-12)11(9-18-15)7-10-3-1-2-4-14(10)17/h1-6,8-9,18H,7,17H2. The van der Waals surface area contributed by atoms with E-state index in [1.165, 1.54) is 5.56 Å². The van der Waals surface area contributed by atoms with E-state index in [9.17, 15) is 0 Å². The molecule has 0 atom stereocenters. The molecule has 0 aliphatic carbocycles. The molecule has 0 aliphatic heterocycles. The SMILES string of the molecule is Nc1ccccc1Cc1c[nH]c2ccc(Cl)cc12.